The van der Waals surface area contributed by atoms with E-state index in [1.807, 2.05) is 30.3 Å². The largest absolute Gasteiger partial charge is 0.470 e. The van der Waals surface area contributed by atoms with Gasteiger partial charge >= 0.3 is 0 Å². The fourth-order valence-electron chi connectivity index (χ4n) is 1.98. The summed E-state index contributed by atoms with van der Waals surface area (Å²) in [7, 11) is 0. The second-order valence-corrected chi connectivity index (χ2v) is 5.34. The van der Waals surface area contributed by atoms with E-state index in [0.717, 1.165) is 5.56 Å². The average Bonchev–Trinajstić information content (AvgIpc) is 2.56. The lowest BCUT2D eigenvalue weighted by atomic mass is 10.2. The number of nitrogens with zero attached hydrogens (tertiary/aromatic N) is 2. The lowest BCUT2D eigenvalue weighted by Gasteiger charge is -2.11. The third kappa shape index (κ3) is 2.92. The van der Waals surface area contributed by atoms with E-state index in [4.69, 9.17) is 33.8 Å². The van der Waals surface area contributed by atoms with Gasteiger partial charge in [0.15, 0.2) is 0 Å². The topological polar surface area (TPSA) is 73.1 Å². The molecule has 3 aromatic rings. The molecule has 0 bridgehead atoms. The van der Waals surface area contributed by atoms with Crippen LogP contribution < -0.4 is 16.0 Å². The first kappa shape index (κ1) is 14.8. The summed E-state index contributed by atoms with van der Waals surface area (Å²) in [5, 5.41) is 0.887. The van der Waals surface area contributed by atoms with Crippen molar-refractivity contribution in [3.8, 4) is 5.88 Å². The normalized spacial score (nSPS) is 10.7. The number of hydrogen-bond donors (Lipinski definition) is 2. The van der Waals surface area contributed by atoms with Gasteiger partial charge in [-0.05, 0) is 17.7 Å². The van der Waals surface area contributed by atoms with Crippen molar-refractivity contribution in [2.45, 2.75) is 6.61 Å². The van der Waals surface area contributed by atoms with E-state index in [1.54, 1.807) is 12.1 Å². The number of nitrogens with two attached hydrogens (primary N) is 1. The van der Waals surface area contributed by atoms with Crippen LogP contribution >= 0.6 is 23.2 Å². The molecule has 0 aliphatic carbocycles. The molecular weight excluding hydrogens is 323 g/mol. The highest BCUT2D eigenvalue weighted by molar-refractivity contribution is 6.39. The van der Waals surface area contributed by atoms with Crippen LogP contribution in [-0.2, 0) is 6.61 Å². The molecule has 1 heterocycles. The van der Waals surface area contributed by atoms with Crippen LogP contribution in [0.15, 0.2) is 42.5 Å². The van der Waals surface area contributed by atoms with Crippen molar-refractivity contribution in [2.24, 2.45) is 5.84 Å². The minimum absolute atomic E-state index is 0.267. The molecule has 0 aliphatic heterocycles. The first-order valence-electron chi connectivity index (χ1n) is 6.48. The van der Waals surface area contributed by atoms with Crippen LogP contribution in [0.4, 0.5) is 5.82 Å². The lowest BCUT2D eigenvalue weighted by molar-refractivity contribution is 0.295. The summed E-state index contributed by atoms with van der Waals surface area (Å²) < 4.78 is 5.70. The fraction of sp³-hybridized carbons (Fsp3) is 0.0667. The minimum atomic E-state index is 0.267. The van der Waals surface area contributed by atoms with Gasteiger partial charge in [0.1, 0.15) is 17.6 Å². The number of benzene rings is 2. The molecule has 3 N–H and O–H groups in total. The molecule has 0 saturated carbocycles. The summed E-state index contributed by atoms with van der Waals surface area (Å²) in [6.45, 7) is 0.341. The highest BCUT2D eigenvalue weighted by atomic mass is 35.5. The van der Waals surface area contributed by atoms with E-state index >= 15 is 0 Å². The number of hydrazine groups is 1. The zero-order valence-corrected chi connectivity index (χ0v) is 12.9. The van der Waals surface area contributed by atoms with Crippen LogP contribution in [0.1, 0.15) is 5.56 Å². The standard InChI is InChI=1S/C15H12Cl2N4O/c16-10-6-7-11(17)13-12(10)19-14(21-18)15(20-13)22-8-9-4-2-1-3-5-9/h1-7H,8,18H2,(H,19,21). The number of fused-ring (bicyclic) bond motifs is 1. The zero-order chi connectivity index (χ0) is 15.5. The third-order valence-corrected chi connectivity index (χ3v) is 3.66. The van der Waals surface area contributed by atoms with Crippen molar-refractivity contribution >= 4 is 40.1 Å². The molecule has 7 heteroatoms. The molecule has 0 spiro atoms. The van der Waals surface area contributed by atoms with E-state index in [0.29, 0.717) is 33.5 Å². The molecule has 0 unspecified atom stereocenters. The predicted molar refractivity (Wildman–Crippen MR) is 88.1 cm³/mol. The quantitative estimate of drug-likeness (QED) is 0.560. The van der Waals surface area contributed by atoms with Gasteiger partial charge in [-0.1, -0.05) is 53.5 Å². The maximum atomic E-state index is 6.15. The Bertz CT molecular complexity index is 811. The molecule has 0 amide bonds. The summed E-state index contributed by atoms with van der Waals surface area (Å²) in [5.74, 6) is 6.06. The van der Waals surface area contributed by atoms with Crippen molar-refractivity contribution in [1.82, 2.24) is 9.97 Å². The Morgan fingerprint density at radius 2 is 1.59 bits per heavy atom. The Kier molecular flexibility index (Phi) is 4.29. The number of rotatable bonds is 4. The van der Waals surface area contributed by atoms with Gasteiger partial charge in [-0.3, -0.25) is 0 Å². The highest BCUT2D eigenvalue weighted by Gasteiger charge is 2.14. The van der Waals surface area contributed by atoms with Crippen molar-refractivity contribution in [1.29, 1.82) is 0 Å². The monoisotopic (exact) mass is 334 g/mol. The maximum Gasteiger partial charge on any atom is 0.259 e. The molecule has 3 rings (SSSR count). The fourth-order valence-corrected chi connectivity index (χ4v) is 2.37. The van der Waals surface area contributed by atoms with Gasteiger partial charge in [0.05, 0.1) is 10.0 Å². The summed E-state index contributed by atoms with van der Waals surface area (Å²) in [5.41, 5.74) is 4.41. The second kappa shape index (κ2) is 6.36. The van der Waals surface area contributed by atoms with Gasteiger partial charge in [-0.2, -0.15) is 0 Å². The number of nitrogen functional groups attached to an aromatic ring is 1. The Morgan fingerprint density at radius 3 is 2.23 bits per heavy atom. The smallest absolute Gasteiger partial charge is 0.259 e. The van der Waals surface area contributed by atoms with Crippen LogP contribution in [0.5, 0.6) is 5.88 Å². The number of halogens is 2. The number of nitrogens with one attached hydrogen (secondary N) is 1. The van der Waals surface area contributed by atoms with Crippen LogP contribution in [-0.4, -0.2) is 9.97 Å². The van der Waals surface area contributed by atoms with Gasteiger partial charge < -0.3 is 10.2 Å². The maximum absolute atomic E-state index is 6.15. The second-order valence-electron chi connectivity index (χ2n) is 4.52. The molecule has 0 saturated heterocycles. The summed E-state index contributed by atoms with van der Waals surface area (Å²) in [4.78, 5) is 8.70. The van der Waals surface area contributed by atoms with Gasteiger partial charge in [0.2, 0.25) is 5.82 Å². The van der Waals surface area contributed by atoms with Gasteiger partial charge in [-0.25, -0.2) is 15.8 Å². The molecule has 0 radical (unpaired) electrons. The number of anilines is 1. The van der Waals surface area contributed by atoms with E-state index < -0.39 is 0 Å². The molecule has 2 aromatic carbocycles. The molecule has 0 atom stereocenters. The molecule has 112 valence electrons. The molecule has 22 heavy (non-hydrogen) atoms. The van der Waals surface area contributed by atoms with Gasteiger partial charge in [0.25, 0.3) is 5.88 Å². The molecule has 5 nitrogen and oxygen atoms in total. The third-order valence-electron chi connectivity index (χ3n) is 3.05. The van der Waals surface area contributed by atoms with E-state index in [-0.39, 0.29) is 5.88 Å². The van der Waals surface area contributed by atoms with Crippen LogP contribution in [0, 0.1) is 0 Å². The summed E-state index contributed by atoms with van der Waals surface area (Å²) in [6.07, 6.45) is 0. The van der Waals surface area contributed by atoms with Crippen LogP contribution in [0.25, 0.3) is 11.0 Å². The van der Waals surface area contributed by atoms with E-state index in [1.165, 1.54) is 0 Å². The van der Waals surface area contributed by atoms with Crippen LogP contribution in [0.2, 0.25) is 10.0 Å². The summed E-state index contributed by atoms with van der Waals surface area (Å²) in [6, 6.07) is 13.0. The molecule has 1 aromatic heterocycles. The number of aromatic nitrogens is 2. The average molecular weight is 335 g/mol. The molecular formula is C15H12Cl2N4O. The zero-order valence-electron chi connectivity index (χ0n) is 11.4. The SMILES string of the molecule is NNc1nc2c(Cl)ccc(Cl)c2nc1OCc1ccccc1. The first-order chi connectivity index (χ1) is 10.7. The van der Waals surface area contributed by atoms with Crippen molar-refractivity contribution in [3.63, 3.8) is 0 Å². The Balaban J connectivity index is 1.99. The number of ether oxygens (including phenoxy) is 1. The van der Waals surface area contributed by atoms with Crippen molar-refractivity contribution in [2.75, 3.05) is 5.43 Å². The minimum Gasteiger partial charge on any atom is -0.470 e. The van der Waals surface area contributed by atoms with E-state index in [9.17, 15) is 0 Å². The predicted octanol–water partition coefficient (Wildman–Crippen LogP) is 3.80. The Labute approximate surface area is 137 Å². The molecule has 0 fully saturated rings. The van der Waals surface area contributed by atoms with Gasteiger partial charge in [0, 0.05) is 0 Å². The Morgan fingerprint density at radius 1 is 0.955 bits per heavy atom. The Hall–Kier alpha value is -2.08. The van der Waals surface area contributed by atoms with Crippen molar-refractivity contribution in [3.05, 3.63) is 58.1 Å². The summed E-state index contributed by atoms with van der Waals surface area (Å²) >= 11 is 12.3. The number of hydrogen-bond acceptors (Lipinski definition) is 5. The lowest BCUT2D eigenvalue weighted by Crippen LogP contribution is -2.12. The highest BCUT2D eigenvalue weighted by Crippen LogP contribution is 2.31. The van der Waals surface area contributed by atoms with Crippen LogP contribution in [0.3, 0.4) is 0 Å². The molecule has 0 aliphatic rings. The van der Waals surface area contributed by atoms with Gasteiger partial charge in [-0.15, -0.1) is 0 Å². The van der Waals surface area contributed by atoms with Crippen molar-refractivity contribution < 1.29 is 4.74 Å². The first-order valence-corrected chi connectivity index (χ1v) is 7.23. The van der Waals surface area contributed by atoms with E-state index in [2.05, 4.69) is 15.4 Å².